The zero-order valence-electron chi connectivity index (χ0n) is 19.5. The maximum Gasteiger partial charge on any atom is 0.211 e. The van der Waals surface area contributed by atoms with Crippen molar-refractivity contribution in [3.05, 3.63) is 64.2 Å². The van der Waals surface area contributed by atoms with Crippen molar-refractivity contribution in [1.82, 2.24) is 4.57 Å². The van der Waals surface area contributed by atoms with Crippen molar-refractivity contribution in [2.45, 2.75) is 62.8 Å². The Hall–Kier alpha value is -2.67. The van der Waals surface area contributed by atoms with Crippen LogP contribution in [0.4, 0.5) is 10.1 Å². The van der Waals surface area contributed by atoms with Gasteiger partial charge < -0.3 is 9.47 Å². The van der Waals surface area contributed by atoms with Crippen molar-refractivity contribution in [3.8, 4) is 0 Å². The summed E-state index contributed by atoms with van der Waals surface area (Å²) < 4.78 is 43.8. The highest BCUT2D eigenvalue weighted by molar-refractivity contribution is 7.91. The molecule has 0 radical (unpaired) electrons. The van der Waals surface area contributed by atoms with Crippen molar-refractivity contribution in [1.29, 1.82) is 0 Å². The number of rotatable bonds is 6. The van der Waals surface area contributed by atoms with Gasteiger partial charge >= 0.3 is 0 Å². The number of hydrogen-bond acceptors (Lipinski definition) is 4. The number of benzene rings is 2. The normalized spacial score (nSPS) is 17.0. The molecule has 1 aliphatic heterocycles. The van der Waals surface area contributed by atoms with Crippen LogP contribution in [-0.2, 0) is 16.4 Å². The summed E-state index contributed by atoms with van der Waals surface area (Å²) in [5, 5.41) is 0.102. The summed E-state index contributed by atoms with van der Waals surface area (Å²) in [6, 6.07) is 9.37. The number of anilines is 1. The SMILES string of the molecule is CCCCn1cc(S(=O)(=O)c2ccc(C)cc2)c(=O)c2cc(F)c(N3CCC[C@H](C)C3)cc21. The van der Waals surface area contributed by atoms with Crippen LogP contribution in [0.15, 0.2) is 57.2 Å². The molecule has 0 bridgehead atoms. The number of nitrogens with zero attached hydrogens (tertiary/aromatic N) is 2. The first kappa shape index (κ1) is 23.5. The molecule has 5 nitrogen and oxygen atoms in total. The van der Waals surface area contributed by atoms with E-state index in [0.717, 1.165) is 44.3 Å². The van der Waals surface area contributed by atoms with Crippen LogP contribution >= 0.6 is 0 Å². The highest BCUT2D eigenvalue weighted by atomic mass is 32.2. The molecular weight excluding hydrogens is 439 g/mol. The van der Waals surface area contributed by atoms with Gasteiger partial charge in [0.05, 0.1) is 21.5 Å². The van der Waals surface area contributed by atoms with E-state index in [1.54, 1.807) is 22.8 Å². The predicted molar refractivity (Wildman–Crippen MR) is 130 cm³/mol. The Morgan fingerprint density at radius 2 is 1.88 bits per heavy atom. The fourth-order valence-electron chi connectivity index (χ4n) is 4.57. The molecule has 0 amide bonds. The standard InChI is InChI=1S/C26H31FN2O3S/c1-4-5-12-29-17-25(33(31,32)20-10-8-18(2)9-11-20)26(30)21-14-22(27)24(15-23(21)29)28-13-6-7-19(3)16-28/h8-11,14-15,17,19H,4-7,12-13,16H2,1-3H3/t19-/m0/s1. The Kier molecular flexibility index (Phi) is 6.61. The summed E-state index contributed by atoms with van der Waals surface area (Å²) in [5.41, 5.74) is 1.32. The second-order valence-electron chi connectivity index (χ2n) is 9.20. The van der Waals surface area contributed by atoms with Gasteiger partial charge in [-0.3, -0.25) is 4.79 Å². The van der Waals surface area contributed by atoms with E-state index >= 15 is 4.39 Å². The summed E-state index contributed by atoms with van der Waals surface area (Å²) in [6.45, 7) is 8.16. The minimum atomic E-state index is -4.04. The Balaban J connectivity index is 1.92. The number of sulfone groups is 1. The first-order valence-corrected chi connectivity index (χ1v) is 13.1. The summed E-state index contributed by atoms with van der Waals surface area (Å²) in [6.07, 6.45) is 5.28. The predicted octanol–water partition coefficient (Wildman–Crippen LogP) is 5.32. The van der Waals surface area contributed by atoms with Crippen LogP contribution in [0.3, 0.4) is 0 Å². The molecule has 33 heavy (non-hydrogen) atoms. The van der Waals surface area contributed by atoms with E-state index in [2.05, 4.69) is 13.8 Å². The average molecular weight is 471 g/mol. The largest absolute Gasteiger partial charge is 0.369 e. The first-order valence-electron chi connectivity index (χ1n) is 11.7. The van der Waals surface area contributed by atoms with Crippen LogP contribution in [-0.4, -0.2) is 26.1 Å². The quantitative estimate of drug-likeness (QED) is 0.489. The molecule has 0 unspecified atom stereocenters. The van der Waals surface area contributed by atoms with Crippen LogP contribution in [0.2, 0.25) is 0 Å². The van der Waals surface area contributed by atoms with Crippen molar-refractivity contribution >= 4 is 26.4 Å². The van der Waals surface area contributed by atoms with E-state index in [1.807, 2.05) is 11.8 Å². The molecule has 1 fully saturated rings. The maximum absolute atomic E-state index is 15.3. The molecule has 0 N–H and O–H groups in total. The third kappa shape index (κ3) is 4.56. The van der Waals surface area contributed by atoms with Crippen LogP contribution in [0.5, 0.6) is 0 Å². The van der Waals surface area contributed by atoms with Crippen LogP contribution in [0.25, 0.3) is 10.9 Å². The minimum absolute atomic E-state index is 0.0611. The van der Waals surface area contributed by atoms with Crippen LogP contribution in [0, 0.1) is 18.7 Å². The van der Waals surface area contributed by atoms with Crippen LogP contribution < -0.4 is 10.3 Å². The van der Waals surface area contributed by atoms with E-state index < -0.39 is 21.1 Å². The Bertz CT molecular complexity index is 1330. The lowest BCUT2D eigenvalue weighted by atomic mass is 9.99. The molecule has 7 heteroatoms. The highest BCUT2D eigenvalue weighted by Gasteiger charge is 2.26. The monoisotopic (exact) mass is 470 g/mol. The smallest absolute Gasteiger partial charge is 0.211 e. The number of piperidine rings is 1. The van der Waals surface area contributed by atoms with E-state index in [0.29, 0.717) is 23.7 Å². The summed E-state index contributed by atoms with van der Waals surface area (Å²) >= 11 is 0. The minimum Gasteiger partial charge on any atom is -0.369 e. The molecule has 1 atom stereocenters. The number of aryl methyl sites for hydroxylation is 2. The Morgan fingerprint density at radius 1 is 1.15 bits per heavy atom. The number of pyridine rings is 1. The van der Waals surface area contributed by atoms with Crippen molar-refractivity contribution in [2.75, 3.05) is 18.0 Å². The van der Waals surface area contributed by atoms with Gasteiger partial charge in [-0.05, 0) is 56.4 Å². The third-order valence-electron chi connectivity index (χ3n) is 6.49. The number of hydrogen-bond donors (Lipinski definition) is 0. The van der Waals surface area contributed by atoms with Crippen molar-refractivity contribution < 1.29 is 12.8 Å². The van der Waals surface area contributed by atoms with Gasteiger partial charge in [0.15, 0.2) is 0 Å². The topological polar surface area (TPSA) is 59.4 Å². The van der Waals surface area contributed by atoms with Gasteiger partial charge in [-0.25, -0.2) is 12.8 Å². The van der Waals surface area contributed by atoms with E-state index in [1.165, 1.54) is 24.4 Å². The average Bonchev–Trinajstić information content (AvgIpc) is 2.78. The summed E-state index contributed by atoms with van der Waals surface area (Å²) in [7, 11) is -4.04. The Labute approximate surface area is 194 Å². The molecule has 2 heterocycles. The molecule has 0 spiro atoms. The van der Waals surface area contributed by atoms with Crippen molar-refractivity contribution in [2.24, 2.45) is 5.92 Å². The second kappa shape index (κ2) is 9.29. The van der Waals surface area contributed by atoms with Crippen molar-refractivity contribution in [3.63, 3.8) is 0 Å². The number of halogens is 1. The Morgan fingerprint density at radius 3 is 2.55 bits per heavy atom. The molecule has 1 aromatic heterocycles. The molecule has 1 saturated heterocycles. The molecule has 3 aromatic rings. The van der Waals surface area contributed by atoms with Gasteiger partial charge in [0.25, 0.3) is 0 Å². The third-order valence-corrected chi connectivity index (χ3v) is 8.25. The fraction of sp³-hybridized carbons (Fsp3) is 0.423. The lowest BCUT2D eigenvalue weighted by Gasteiger charge is -2.33. The van der Waals surface area contributed by atoms with Gasteiger partial charge in [0.2, 0.25) is 15.3 Å². The molecular formula is C26H31FN2O3S. The van der Waals surface area contributed by atoms with Gasteiger partial charge in [0.1, 0.15) is 10.7 Å². The zero-order valence-corrected chi connectivity index (χ0v) is 20.3. The molecule has 2 aromatic carbocycles. The van der Waals surface area contributed by atoms with Gasteiger partial charge in [-0.1, -0.05) is 38.0 Å². The van der Waals surface area contributed by atoms with E-state index in [9.17, 15) is 13.2 Å². The molecule has 0 saturated carbocycles. The van der Waals surface area contributed by atoms with E-state index in [-0.39, 0.29) is 15.2 Å². The number of aromatic nitrogens is 1. The number of unbranched alkanes of at least 4 members (excludes halogenated alkanes) is 1. The van der Waals surface area contributed by atoms with Crippen LogP contribution in [0.1, 0.15) is 45.1 Å². The molecule has 0 aliphatic carbocycles. The molecule has 1 aliphatic rings. The van der Waals surface area contributed by atoms with E-state index in [4.69, 9.17) is 0 Å². The van der Waals surface area contributed by atoms with Gasteiger partial charge in [-0.2, -0.15) is 0 Å². The molecule has 4 rings (SSSR count). The fourth-order valence-corrected chi connectivity index (χ4v) is 5.94. The lowest BCUT2D eigenvalue weighted by molar-refractivity contribution is 0.442. The zero-order chi connectivity index (χ0) is 23.8. The second-order valence-corrected chi connectivity index (χ2v) is 11.1. The highest BCUT2D eigenvalue weighted by Crippen LogP contribution is 2.30. The summed E-state index contributed by atoms with van der Waals surface area (Å²) in [5.74, 6) is -0.0150. The van der Waals surface area contributed by atoms with Gasteiger partial charge in [-0.15, -0.1) is 0 Å². The molecule has 176 valence electrons. The lowest BCUT2D eigenvalue weighted by Crippen LogP contribution is -2.35. The number of fused-ring (bicyclic) bond motifs is 1. The maximum atomic E-state index is 15.3. The summed E-state index contributed by atoms with van der Waals surface area (Å²) in [4.78, 5) is 15.1. The first-order chi connectivity index (χ1) is 15.7. The van der Waals surface area contributed by atoms with Gasteiger partial charge in [0, 0.05) is 25.8 Å².